The molecule has 1 saturated carbocycles. The Labute approximate surface area is 181 Å². The van der Waals surface area contributed by atoms with Crippen molar-refractivity contribution in [3.63, 3.8) is 0 Å². The number of aromatic nitrogens is 2. The van der Waals surface area contributed by atoms with E-state index in [0.717, 1.165) is 38.8 Å². The van der Waals surface area contributed by atoms with E-state index in [4.69, 9.17) is 9.47 Å². The van der Waals surface area contributed by atoms with Gasteiger partial charge in [0.2, 0.25) is 0 Å². The van der Waals surface area contributed by atoms with Gasteiger partial charge < -0.3 is 19.7 Å². The molecule has 0 aromatic carbocycles. The van der Waals surface area contributed by atoms with Crippen molar-refractivity contribution < 1.29 is 14.3 Å². The van der Waals surface area contributed by atoms with Crippen LogP contribution < -0.4 is 5.32 Å². The van der Waals surface area contributed by atoms with Crippen LogP contribution in [0.3, 0.4) is 0 Å². The first-order chi connectivity index (χ1) is 14.0. The van der Waals surface area contributed by atoms with E-state index in [1.165, 1.54) is 17.7 Å². The van der Waals surface area contributed by atoms with Crippen LogP contribution in [0.2, 0.25) is 0 Å². The average molecular weight is 421 g/mol. The number of amides is 1. The number of hydrogen-bond acceptors (Lipinski definition) is 5. The largest absolute Gasteiger partial charge is 0.444 e. The summed E-state index contributed by atoms with van der Waals surface area (Å²) in [4.78, 5) is 13.6. The average Bonchev–Trinajstić information content (AvgIpc) is 3.22. The first-order valence-corrected chi connectivity index (χ1v) is 11.3. The van der Waals surface area contributed by atoms with E-state index in [1.54, 1.807) is 11.9 Å². The summed E-state index contributed by atoms with van der Waals surface area (Å²) in [7, 11) is 1.77. The van der Waals surface area contributed by atoms with Crippen LogP contribution in [0.5, 0.6) is 0 Å². The van der Waals surface area contributed by atoms with E-state index < -0.39 is 5.60 Å². The second-order valence-electron chi connectivity index (χ2n) is 11.0. The van der Waals surface area contributed by atoms with Crippen molar-refractivity contribution in [2.75, 3.05) is 26.7 Å². The van der Waals surface area contributed by atoms with E-state index in [0.29, 0.717) is 24.4 Å². The van der Waals surface area contributed by atoms with Crippen molar-refractivity contribution in [1.29, 1.82) is 0 Å². The Balaban J connectivity index is 1.44. The van der Waals surface area contributed by atoms with Crippen LogP contribution in [0, 0.1) is 5.41 Å². The lowest BCUT2D eigenvalue weighted by Crippen LogP contribution is -2.38. The Hall–Kier alpha value is -1.60. The highest BCUT2D eigenvalue weighted by Gasteiger charge is 2.46. The number of carbonyl (C=O) groups excluding carboxylic acids is 1. The second kappa shape index (κ2) is 8.87. The van der Waals surface area contributed by atoms with Crippen molar-refractivity contribution >= 4 is 6.09 Å². The number of hydrogen-bond donors (Lipinski definition) is 2. The Morgan fingerprint density at radius 3 is 2.67 bits per heavy atom. The van der Waals surface area contributed by atoms with Crippen molar-refractivity contribution in [2.24, 2.45) is 5.41 Å². The van der Waals surface area contributed by atoms with Crippen molar-refractivity contribution in [3.8, 4) is 0 Å². The van der Waals surface area contributed by atoms with Gasteiger partial charge in [-0.25, -0.2) is 4.79 Å². The summed E-state index contributed by atoms with van der Waals surface area (Å²) in [5.74, 6) is 0.520. The number of nitrogens with one attached hydrogen (secondary N) is 2. The van der Waals surface area contributed by atoms with Gasteiger partial charge >= 0.3 is 6.09 Å². The predicted octanol–water partition coefficient (Wildman–Crippen LogP) is 4.21. The molecular weight excluding hydrogens is 380 g/mol. The SMILES string of the molecule is CN(CCNCc1cn[nH]c1C1CCC2(CC1)CC(C)(C)CO2)C(=O)OC(C)(C)C. The number of rotatable bonds is 6. The monoisotopic (exact) mass is 420 g/mol. The molecule has 1 aliphatic heterocycles. The van der Waals surface area contributed by atoms with Gasteiger partial charge in [-0.05, 0) is 58.3 Å². The Morgan fingerprint density at radius 2 is 2.07 bits per heavy atom. The van der Waals surface area contributed by atoms with Gasteiger partial charge in [0.05, 0.1) is 18.4 Å². The fourth-order valence-corrected chi connectivity index (χ4v) is 4.79. The van der Waals surface area contributed by atoms with Gasteiger partial charge in [-0.15, -0.1) is 0 Å². The molecule has 1 spiro atoms. The molecule has 3 rings (SSSR count). The number of nitrogens with zero attached hydrogens (tertiary/aromatic N) is 2. The third kappa shape index (κ3) is 5.97. The minimum Gasteiger partial charge on any atom is -0.444 e. The van der Waals surface area contributed by atoms with Gasteiger partial charge in [-0.1, -0.05) is 13.8 Å². The predicted molar refractivity (Wildman–Crippen MR) is 117 cm³/mol. The maximum Gasteiger partial charge on any atom is 0.410 e. The van der Waals surface area contributed by atoms with Crippen LogP contribution in [0.15, 0.2) is 6.20 Å². The lowest BCUT2D eigenvalue weighted by molar-refractivity contribution is -0.0296. The summed E-state index contributed by atoms with van der Waals surface area (Å²) in [6, 6.07) is 0. The smallest absolute Gasteiger partial charge is 0.410 e. The molecule has 1 amide bonds. The first-order valence-electron chi connectivity index (χ1n) is 11.3. The zero-order valence-corrected chi connectivity index (χ0v) is 19.6. The molecule has 2 N–H and O–H groups in total. The first kappa shape index (κ1) is 23.1. The van der Waals surface area contributed by atoms with Crippen LogP contribution in [0.25, 0.3) is 0 Å². The van der Waals surface area contributed by atoms with Crippen LogP contribution >= 0.6 is 0 Å². The summed E-state index contributed by atoms with van der Waals surface area (Å²) >= 11 is 0. The Morgan fingerprint density at radius 1 is 1.37 bits per heavy atom. The molecule has 2 heterocycles. The molecule has 7 heteroatoms. The fourth-order valence-electron chi connectivity index (χ4n) is 4.79. The summed E-state index contributed by atoms with van der Waals surface area (Å²) in [5, 5.41) is 11.0. The highest BCUT2D eigenvalue weighted by atomic mass is 16.6. The lowest BCUT2D eigenvalue weighted by atomic mass is 9.72. The Kier molecular flexibility index (Phi) is 6.82. The van der Waals surface area contributed by atoms with Gasteiger partial charge in [0.1, 0.15) is 5.60 Å². The highest BCUT2D eigenvalue weighted by molar-refractivity contribution is 5.67. The Bertz CT molecular complexity index is 714. The molecule has 30 heavy (non-hydrogen) atoms. The molecule has 170 valence electrons. The number of likely N-dealkylation sites (N-methyl/N-ethyl adjacent to an activating group) is 1. The second-order valence-corrected chi connectivity index (χ2v) is 11.0. The molecule has 1 aromatic rings. The molecule has 0 radical (unpaired) electrons. The highest BCUT2D eigenvalue weighted by Crippen LogP contribution is 2.49. The van der Waals surface area contributed by atoms with Gasteiger partial charge in [0.15, 0.2) is 0 Å². The fraction of sp³-hybridized carbons (Fsp3) is 0.826. The van der Waals surface area contributed by atoms with Crippen LogP contribution in [0.4, 0.5) is 4.79 Å². The molecule has 0 bridgehead atoms. The quantitative estimate of drug-likeness (QED) is 0.674. The molecule has 1 saturated heterocycles. The van der Waals surface area contributed by atoms with Gasteiger partial charge in [-0.2, -0.15) is 5.10 Å². The van der Waals surface area contributed by atoms with Gasteiger partial charge in [-0.3, -0.25) is 5.10 Å². The number of aromatic amines is 1. The normalized spacial score (nSPS) is 26.1. The summed E-state index contributed by atoms with van der Waals surface area (Å²) in [6.07, 6.45) is 7.37. The van der Waals surface area contributed by atoms with Crippen LogP contribution in [0.1, 0.15) is 83.9 Å². The number of H-pyrrole nitrogens is 1. The molecule has 7 nitrogen and oxygen atoms in total. The standard InChI is InChI=1S/C23H40N4O3/c1-21(2,3)30-20(28)27(6)12-11-24-13-18-14-25-26-19(18)17-7-9-23(10-8-17)15-22(4,5)16-29-23/h14,17,24H,7-13,15-16H2,1-6H3,(H,25,26). The van der Waals surface area contributed by atoms with Gasteiger partial charge in [0.25, 0.3) is 0 Å². The summed E-state index contributed by atoms with van der Waals surface area (Å²) < 4.78 is 11.7. The van der Waals surface area contributed by atoms with Crippen molar-refractivity contribution in [2.45, 2.75) is 90.4 Å². The third-order valence-corrected chi connectivity index (χ3v) is 6.27. The van der Waals surface area contributed by atoms with Crippen LogP contribution in [-0.4, -0.2) is 59.1 Å². The van der Waals surface area contributed by atoms with E-state index in [2.05, 4.69) is 29.4 Å². The molecule has 1 aliphatic carbocycles. The molecule has 1 aromatic heterocycles. The lowest BCUT2D eigenvalue weighted by Gasteiger charge is -2.37. The topological polar surface area (TPSA) is 79.5 Å². The molecule has 0 atom stereocenters. The van der Waals surface area contributed by atoms with Crippen molar-refractivity contribution in [1.82, 2.24) is 20.4 Å². The molecule has 0 unspecified atom stereocenters. The zero-order valence-electron chi connectivity index (χ0n) is 19.6. The maximum atomic E-state index is 12.0. The maximum absolute atomic E-state index is 12.0. The van der Waals surface area contributed by atoms with Gasteiger partial charge in [0, 0.05) is 43.9 Å². The molecule has 2 aliphatic rings. The van der Waals surface area contributed by atoms with Crippen molar-refractivity contribution in [3.05, 3.63) is 17.5 Å². The number of ether oxygens (including phenoxy) is 2. The minimum atomic E-state index is -0.470. The molecular formula is C23H40N4O3. The summed E-state index contributed by atoms with van der Waals surface area (Å²) in [5.41, 5.74) is 2.42. The van der Waals surface area contributed by atoms with E-state index in [1.807, 2.05) is 27.0 Å². The van der Waals surface area contributed by atoms with E-state index in [-0.39, 0.29) is 11.7 Å². The summed E-state index contributed by atoms with van der Waals surface area (Å²) in [6.45, 7) is 13.2. The molecule has 2 fully saturated rings. The zero-order chi connectivity index (χ0) is 22.0. The number of carbonyl (C=O) groups is 1. The van der Waals surface area contributed by atoms with E-state index >= 15 is 0 Å². The van der Waals surface area contributed by atoms with E-state index in [9.17, 15) is 4.79 Å². The third-order valence-electron chi connectivity index (χ3n) is 6.27. The van der Waals surface area contributed by atoms with Crippen LogP contribution in [-0.2, 0) is 16.0 Å². The minimum absolute atomic E-state index is 0.102.